The summed E-state index contributed by atoms with van der Waals surface area (Å²) in [6, 6.07) is 20.4. The van der Waals surface area contributed by atoms with Crippen LogP contribution in [-0.4, -0.2) is 10.9 Å². The maximum atomic E-state index is 12.8. The Morgan fingerprint density at radius 3 is 2.63 bits per heavy atom. The summed E-state index contributed by atoms with van der Waals surface area (Å²) in [5, 5.41) is 8.35. The number of benzene rings is 3. The first-order valence-electron chi connectivity index (χ1n) is 9.11. The number of carbonyl (C=O) groups excluding carboxylic acids is 1. The second-order valence-electron chi connectivity index (χ2n) is 6.80. The van der Waals surface area contributed by atoms with E-state index in [-0.39, 0.29) is 5.91 Å². The van der Waals surface area contributed by atoms with Crippen molar-refractivity contribution in [2.45, 2.75) is 19.4 Å². The van der Waals surface area contributed by atoms with Gasteiger partial charge in [-0.25, -0.2) is 4.98 Å². The van der Waals surface area contributed by atoms with Crippen LogP contribution < -0.4 is 5.32 Å². The number of rotatable bonds is 4. The van der Waals surface area contributed by atoms with Gasteiger partial charge in [-0.1, -0.05) is 54.6 Å². The lowest BCUT2D eigenvalue weighted by Crippen LogP contribution is -2.23. The van der Waals surface area contributed by atoms with Crippen LogP contribution in [0.3, 0.4) is 0 Å². The van der Waals surface area contributed by atoms with Gasteiger partial charge in [0.2, 0.25) is 0 Å². The van der Waals surface area contributed by atoms with Crippen LogP contribution in [0.2, 0.25) is 0 Å². The van der Waals surface area contributed by atoms with Crippen LogP contribution in [0, 0.1) is 0 Å². The minimum absolute atomic E-state index is 0.0418. The first-order chi connectivity index (χ1) is 13.3. The highest BCUT2D eigenvalue weighted by atomic mass is 32.1. The smallest absolute Gasteiger partial charge is 0.252 e. The van der Waals surface area contributed by atoms with E-state index >= 15 is 0 Å². The molecule has 132 valence electrons. The van der Waals surface area contributed by atoms with E-state index in [9.17, 15) is 4.79 Å². The Morgan fingerprint density at radius 1 is 0.963 bits per heavy atom. The molecule has 0 unspecified atom stereocenters. The van der Waals surface area contributed by atoms with Gasteiger partial charge in [0.1, 0.15) is 5.01 Å². The minimum atomic E-state index is -0.0418. The molecule has 0 bridgehead atoms. The molecule has 1 N–H and O–H groups in total. The summed E-state index contributed by atoms with van der Waals surface area (Å²) in [7, 11) is 0. The van der Waals surface area contributed by atoms with Gasteiger partial charge in [-0.15, -0.1) is 11.3 Å². The van der Waals surface area contributed by atoms with Crippen molar-refractivity contribution in [2.75, 3.05) is 0 Å². The van der Waals surface area contributed by atoms with Crippen molar-refractivity contribution in [3.63, 3.8) is 0 Å². The third kappa shape index (κ3) is 2.92. The Kier molecular flexibility index (Phi) is 3.98. The molecule has 0 spiro atoms. The second-order valence-corrected chi connectivity index (χ2v) is 7.66. The van der Waals surface area contributed by atoms with Gasteiger partial charge in [-0.3, -0.25) is 4.79 Å². The number of thiazole rings is 1. The van der Waals surface area contributed by atoms with E-state index < -0.39 is 0 Å². The van der Waals surface area contributed by atoms with Crippen molar-refractivity contribution in [1.82, 2.24) is 10.3 Å². The van der Waals surface area contributed by atoms with Crippen LogP contribution in [0.25, 0.3) is 21.3 Å². The van der Waals surface area contributed by atoms with Gasteiger partial charge < -0.3 is 5.32 Å². The van der Waals surface area contributed by atoms with Crippen LogP contribution in [0.15, 0.2) is 66.0 Å². The quantitative estimate of drug-likeness (QED) is 0.550. The molecule has 1 aromatic heterocycles. The number of hydrogen-bond donors (Lipinski definition) is 1. The number of nitrogens with zero attached hydrogens (tertiary/aromatic N) is 1. The summed E-state index contributed by atoms with van der Waals surface area (Å²) in [5.74, 6) is -0.0418. The molecule has 0 fully saturated rings. The molecule has 5 rings (SSSR count). The van der Waals surface area contributed by atoms with Crippen molar-refractivity contribution in [2.24, 2.45) is 0 Å². The fourth-order valence-electron chi connectivity index (χ4n) is 3.81. The fourth-order valence-corrected chi connectivity index (χ4v) is 4.64. The number of amides is 1. The van der Waals surface area contributed by atoms with Crippen molar-refractivity contribution >= 4 is 28.0 Å². The summed E-state index contributed by atoms with van der Waals surface area (Å²) < 4.78 is 0. The molecule has 0 aliphatic heterocycles. The molecule has 1 aliphatic rings. The molecule has 27 heavy (non-hydrogen) atoms. The fraction of sp³-hybridized carbons (Fsp3) is 0.130. The summed E-state index contributed by atoms with van der Waals surface area (Å²) in [6.07, 6.45) is 2.14. The van der Waals surface area contributed by atoms with E-state index in [0.717, 1.165) is 40.1 Å². The van der Waals surface area contributed by atoms with Crippen LogP contribution in [0.4, 0.5) is 0 Å². The third-order valence-electron chi connectivity index (χ3n) is 5.12. The summed E-state index contributed by atoms with van der Waals surface area (Å²) >= 11 is 1.60. The van der Waals surface area contributed by atoms with Crippen molar-refractivity contribution < 1.29 is 4.79 Å². The molecule has 0 radical (unpaired) electrons. The van der Waals surface area contributed by atoms with E-state index in [4.69, 9.17) is 0 Å². The van der Waals surface area contributed by atoms with Crippen LogP contribution in [0.1, 0.15) is 27.2 Å². The Labute approximate surface area is 161 Å². The third-order valence-corrected chi connectivity index (χ3v) is 6.06. The molecule has 1 amide bonds. The lowest BCUT2D eigenvalue weighted by atomic mass is 9.99. The highest BCUT2D eigenvalue weighted by Gasteiger charge is 2.18. The Balaban J connectivity index is 1.37. The Bertz CT molecular complexity index is 1140. The molecule has 0 atom stereocenters. The molecule has 0 saturated carbocycles. The van der Waals surface area contributed by atoms with E-state index in [0.29, 0.717) is 6.54 Å². The van der Waals surface area contributed by atoms with E-state index in [1.54, 1.807) is 11.3 Å². The SMILES string of the molecule is O=C(NCc1csc(-c2ccccc2)n1)c1ccc2c3c(cccc13)CC2. The largest absolute Gasteiger partial charge is 0.346 e. The Hall–Kier alpha value is -2.98. The summed E-state index contributed by atoms with van der Waals surface area (Å²) in [5.41, 5.74) is 5.44. The van der Waals surface area contributed by atoms with Crippen molar-refractivity contribution in [3.8, 4) is 10.6 Å². The molecular weight excluding hydrogens is 352 g/mol. The Morgan fingerprint density at radius 2 is 1.78 bits per heavy atom. The zero-order chi connectivity index (χ0) is 18.2. The summed E-state index contributed by atoms with van der Waals surface area (Å²) in [6.45, 7) is 0.436. The molecule has 3 nitrogen and oxygen atoms in total. The van der Waals surface area contributed by atoms with Gasteiger partial charge in [0, 0.05) is 16.5 Å². The monoisotopic (exact) mass is 370 g/mol. The topological polar surface area (TPSA) is 42.0 Å². The maximum absolute atomic E-state index is 12.8. The van der Waals surface area contributed by atoms with Crippen molar-refractivity contribution in [3.05, 3.63) is 88.4 Å². The van der Waals surface area contributed by atoms with Gasteiger partial charge in [0.05, 0.1) is 12.2 Å². The average Bonchev–Trinajstić information content (AvgIpc) is 3.36. The van der Waals surface area contributed by atoms with Crippen LogP contribution in [0.5, 0.6) is 0 Å². The van der Waals surface area contributed by atoms with Gasteiger partial charge in [-0.05, 0) is 40.8 Å². The van der Waals surface area contributed by atoms with Crippen LogP contribution >= 0.6 is 11.3 Å². The number of aryl methyl sites for hydroxylation is 2. The lowest BCUT2D eigenvalue weighted by molar-refractivity contribution is 0.0952. The number of nitrogens with one attached hydrogen (secondary N) is 1. The predicted octanol–water partition coefficient (Wildman–Crippen LogP) is 4.99. The lowest BCUT2D eigenvalue weighted by Gasteiger charge is -2.09. The van der Waals surface area contributed by atoms with E-state index in [1.807, 2.05) is 41.8 Å². The van der Waals surface area contributed by atoms with Gasteiger partial charge in [0.15, 0.2) is 0 Å². The number of hydrogen-bond acceptors (Lipinski definition) is 3. The molecular formula is C23H18N2OS. The van der Waals surface area contributed by atoms with Crippen molar-refractivity contribution in [1.29, 1.82) is 0 Å². The average molecular weight is 370 g/mol. The standard InChI is InChI=1S/C23H18N2OS/c26-22(20-12-11-16-10-9-15-7-4-8-19(20)21(15)16)24-13-18-14-27-23(25-18)17-5-2-1-3-6-17/h1-8,11-12,14H,9-10,13H2,(H,24,26). The van der Waals surface area contributed by atoms with Gasteiger partial charge in [-0.2, -0.15) is 0 Å². The normalized spacial score (nSPS) is 12.4. The van der Waals surface area contributed by atoms with Crippen LogP contribution in [-0.2, 0) is 19.4 Å². The zero-order valence-electron chi connectivity index (χ0n) is 14.7. The maximum Gasteiger partial charge on any atom is 0.252 e. The predicted molar refractivity (Wildman–Crippen MR) is 110 cm³/mol. The van der Waals surface area contributed by atoms with Gasteiger partial charge in [0.25, 0.3) is 5.91 Å². The molecule has 4 heteroatoms. The first-order valence-corrected chi connectivity index (χ1v) is 9.99. The molecule has 0 saturated heterocycles. The summed E-state index contributed by atoms with van der Waals surface area (Å²) in [4.78, 5) is 17.5. The first kappa shape index (κ1) is 16.2. The second kappa shape index (κ2) is 6.63. The molecule has 4 aromatic rings. The highest BCUT2D eigenvalue weighted by molar-refractivity contribution is 7.13. The number of aromatic nitrogens is 1. The molecule has 3 aromatic carbocycles. The number of carbonyl (C=O) groups is 1. The minimum Gasteiger partial charge on any atom is -0.346 e. The van der Waals surface area contributed by atoms with Gasteiger partial charge >= 0.3 is 0 Å². The van der Waals surface area contributed by atoms with E-state index in [2.05, 4.69) is 34.6 Å². The highest BCUT2D eigenvalue weighted by Crippen LogP contribution is 2.32. The van der Waals surface area contributed by atoms with E-state index in [1.165, 1.54) is 16.5 Å². The zero-order valence-corrected chi connectivity index (χ0v) is 15.6. The molecule has 1 heterocycles. The molecule has 1 aliphatic carbocycles.